The number of amides is 1. The Morgan fingerprint density at radius 1 is 1.50 bits per heavy atom. The average molecular weight is 278 g/mol. The summed E-state index contributed by atoms with van der Waals surface area (Å²) in [7, 11) is -3.06. The van der Waals surface area contributed by atoms with Gasteiger partial charge in [0.1, 0.15) is 15.4 Å². The number of nitrogens with two attached hydrogens (primary N) is 1. The highest BCUT2D eigenvalue weighted by atomic mass is 32.2. The number of carbonyl (C=O) groups excluding carboxylic acids is 1. The van der Waals surface area contributed by atoms with Gasteiger partial charge in [-0.1, -0.05) is 0 Å². The summed E-state index contributed by atoms with van der Waals surface area (Å²) < 4.78 is 27.6. The van der Waals surface area contributed by atoms with Crippen LogP contribution in [0.1, 0.15) is 27.2 Å². The number of carbonyl (C=O) groups is 1. The van der Waals surface area contributed by atoms with Gasteiger partial charge in [0.25, 0.3) is 0 Å². The Morgan fingerprint density at radius 2 is 2.06 bits per heavy atom. The molecular formula is C11H22N2O4S. The van der Waals surface area contributed by atoms with Crippen molar-refractivity contribution in [1.29, 1.82) is 0 Å². The summed E-state index contributed by atoms with van der Waals surface area (Å²) in [6, 6.07) is 0. The maximum atomic E-state index is 11.6. The van der Waals surface area contributed by atoms with Crippen LogP contribution in [0, 0.1) is 5.92 Å². The minimum Gasteiger partial charge on any atom is -0.444 e. The second-order valence-corrected chi connectivity index (χ2v) is 8.17. The first-order valence-electron chi connectivity index (χ1n) is 5.86. The molecule has 1 amide bonds. The first-order valence-corrected chi connectivity index (χ1v) is 7.92. The van der Waals surface area contributed by atoms with E-state index in [-0.39, 0.29) is 18.2 Å². The molecule has 0 bridgehead atoms. The van der Waals surface area contributed by atoms with Crippen LogP contribution in [0.25, 0.3) is 0 Å². The molecule has 0 spiro atoms. The van der Waals surface area contributed by atoms with Gasteiger partial charge in [-0.2, -0.15) is 0 Å². The second-order valence-electron chi connectivity index (χ2n) is 5.98. The third kappa shape index (κ3) is 4.45. The third-order valence-electron chi connectivity index (χ3n) is 2.85. The molecular weight excluding hydrogens is 256 g/mol. The molecule has 0 aromatic rings. The summed E-state index contributed by atoms with van der Waals surface area (Å²) in [4.78, 5) is 11.6. The van der Waals surface area contributed by atoms with Crippen molar-refractivity contribution >= 4 is 15.9 Å². The highest BCUT2D eigenvalue weighted by Gasteiger charge is 2.55. The van der Waals surface area contributed by atoms with Crippen molar-refractivity contribution in [1.82, 2.24) is 5.32 Å². The normalized spacial score (nSPS) is 27.7. The van der Waals surface area contributed by atoms with Gasteiger partial charge in [-0.25, -0.2) is 13.2 Å². The SMILES string of the molecule is CC(C)(C)OC(=O)N[C@]1(CN)C[C@@H]1CS(C)(=O)=O. The number of sulfone groups is 1. The van der Waals surface area contributed by atoms with Gasteiger partial charge < -0.3 is 15.8 Å². The molecule has 7 heteroatoms. The lowest BCUT2D eigenvalue weighted by Gasteiger charge is -2.23. The molecule has 0 unspecified atom stereocenters. The summed E-state index contributed by atoms with van der Waals surface area (Å²) in [5.41, 5.74) is 4.42. The van der Waals surface area contributed by atoms with Crippen LogP contribution in [0.2, 0.25) is 0 Å². The first kappa shape index (κ1) is 15.2. The molecule has 1 aliphatic rings. The lowest BCUT2D eigenvalue weighted by molar-refractivity contribution is 0.0494. The molecule has 2 atom stereocenters. The molecule has 0 heterocycles. The van der Waals surface area contributed by atoms with Crippen molar-refractivity contribution < 1.29 is 17.9 Å². The highest BCUT2D eigenvalue weighted by molar-refractivity contribution is 7.90. The molecule has 106 valence electrons. The van der Waals surface area contributed by atoms with E-state index in [0.717, 1.165) is 0 Å². The van der Waals surface area contributed by atoms with E-state index < -0.39 is 27.1 Å². The standard InChI is InChI=1S/C11H22N2O4S/c1-10(2,3)17-9(14)13-11(7-12)5-8(11)6-18(4,15)16/h8H,5-7,12H2,1-4H3,(H,13,14)/t8-,11+/m1/s1. The molecule has 0 radical (unpaired) electrons. The Labute approximate surface area is 108 Å². The Balaban J connectivity index is 2.58. The molecule has 1 rings (SSSR count). The molecule has 0 saturated heterocycles. The number of hydrogen-bond acceptors (Lipinski definition) is 5. The lowest BCUT2D eigenvalue weighted by atomic mass is 10.2. The third-order valence-corrected chi connectivity index (χ3v) is 3.86. The van der Waals surface area contributed by atoms with Crippen LogP contribution in [0.15, 0.2) is 0 Å². The quantitative estimate of drug-likeness (QED) is 0.769. The van der Waals surface area contributed by atoms with Gasteiger partial charge in [-0.15, -0.1) is 0 Å². The maximum Gasteiger partial charge on any atom is 0.408 e. The van der Waals surface area contributed by atoms with Crippen LogP contribution < -0.4 is 11.1 Å². The van der Waals surface area contributed by atoms with Crippen LogP contribution >= 0.6 is 0 Å². The zero-order valence-electron chi connectivity index (χ0n) is 11.3. The molecule has 3 N–H and O–H groups in total. The van der Waals surface area contributed by atoms with Gasteiger partial charge in [0.15, 0.2) is 0 Å². The molecule has 0 aromatic heterocycles. The molecule has 18 heavy (non-hydrogen) atoms. The van der Waals surface area contributed by atoms with E-state index >= 15 is 0 Å². The monoisotopic (exact) mass is 278 g/mol. The predicted octanol–water partition coefficient (Wildman–Crippen LogP) is 0.273. The van der Waals surface area contributed by atoms with E-state index in [1.807, 2.05) is 0 Å². The number of alkyl carbamates (subject to hydrolysis) is 1. The molecule has 1 fully saturated rings. The summed E-state index contributed by atoms with van der Waals surface area (Å²) in [6.07, 6.45) is 1.21. The van der Waals surface area contributed by atoms with Gasteiger partial charge in [-0.05, 0) is 33.1 Å². The number of rotatable bonds is 4. The Morgan fingerprint density at radius 3 is 2.44 bits per heavy atom. The van der Waals surface area contributed by atoms with Crippen LogP contribution in [-0.2, 0) is 14.6 Å². The van der Waals surface area contributed by atoms with Crippen molar-refractivity contribution in [2.45, 2.75) is 38.3 Å². The average Bonchev–Trinajstić information content (AvgIpc) is 2.72. The van der Waals surface area contributed by atoms with E-state index in [1.165, 1.54) is 6.26 Å². The van der Waals surface area contributed by atoms with Crippen molar-refractivity contribution in [3.63, 3.8) is 0 Å². The van der Waals surface area contributed by atoms with Crippen LogP contribution in [0.3, 0.4) is 0 Å². The summed E-state index contributed by atoms with van der Waals surface area (Å²) in [5.74, 6) is -0.0787. The molecule has 6 nitrogen and oxygen atoms in total. The molecule has 0 aromatic carbocycles. The molecule has 0 aliphatic heterocycles. The van der Waals surface area contributed by atoms with E-state index in [9.17, 15) is 13.2 Å². The largest absolute Gasteiger partial charge is 0.444 e. The van der Waals surface area contributed by atoms with Crippen LogP contribution in [0.4, 0.5) is 4.79 Å². The minimum absolute atomic E-state index is 0.0417. The van der Waals surface area contributed by atoms with Gasteiger partial charge in [0, 0.05) is 12.8 Å². The highest BCUT2D eigenvalue weighted by Crippen LogP contribution is 2.43. The zero-order chi connectivity index (χ0) is 14.2. The fourth-order valence-electron chi connectivity index (χ4n) is 1.93. The fourth-order valence-corrected chi connectivity index (χ4v) is 3.09. The van der Waals surface area contributed by atoms with Crippen LogP contribution in [-0.4, -0.2) is 44.2 Å². The smallest absolute Gasteiger partial charge is 0.408 e. The minimum atomic E-state index is -3.06. The Hall–Kier alpha value is -0.820. The summed E-state index contributed by atoms with van der Waals surface area (Å²) in [5, 5.41) is 2.70. The van der Waals surface area contributed by atoms with Crippen molar-refractivity contribution in [3.8, 4) is 0 Å². The van der Waals surface area contributed by atoms with Crippen molar-refractivity contribution in [3.05, 3.63) is 0 Å². The number of ether oxygens (including phenoxy) is 1. The topological polar surface area (TPSA) is 98.5 Å². The number of nitrogens with one attached hydrogen (secondary N) is 1. The summed E-state index contributed by atoms with van der Waals surface area (Å²) in [6.45, 7) is 5.51. The van der Waals surface area contributed by atoms with E-state index in [0.29, 0.717) is 6.42 Å². The molecule has 1 aliphatic carbocycles. The maximum absolute atomic E-state index is 11.6. The molecule has 1 saturated carbocycles. The lowest BCUT2D eigenvalue weighted by Crippen LogP contribution is -2.47. The van der Waals surface area contributed by atoms with Gasteiger partial charge >= 0.3 is 6.09 Å². The van der Waals surface area contributed by atoms with Gasteiger partial charge in [0.05, 0.1) is 11.3 Å². The van der Waals surface area contributed by atoms with Gasteiger partial charge in [-0.3, -0.25) is 0 Å². The van der Waals surface area contributed by atoms with Crippen molar-refractivity contribution in [2.75, 3.05) is 18.6 Å². The van der Waals surface area contributed by atoms with E-state index in [4.69, 9.17) is 10.5 Å². The van der Waals surface area contributed by atoms with Gasteiger partial charge in [0.2, 0.25) is 0 Å². The number of hydrogen-bond donors (Lipinski definition) is 2. The van der Waals surface area contributed by atoms with E-state index in [2.05, 4.69) is 5.32 Å². The van der Waals surface area contributed by atoms with Crippen molar-refractivity contribution in [2.24, 2.45) is 11.7 Å². The Kier molecular flexibility index (Phi) is 3.97. The fraction of sp³-hybridized carbons (Fsp3) is 0.909. The zero-order valence-corrected chi connectivity index (χ0v) is 12.1. The second kappa shape index (κ2) is 4.70. The van der Waals surface area contributed by atoms with E-state index in [1.54, 1.807) is 20.8 Å². The predicted molar refractivity (Wildman–Crippen MR) is 69.0 cm³/mol. The van der Waals surface area contributed by atoms with Crippen LogP contribution in [0.5, 0.6) is 0 Å². The first-order chi connectivity index (χ1) is 7.97. The summed E-state index contributed by atoms with van der Waals surface area (Å²) >= 11 is 0. The Bertz CT molecular complexity index is 427.